The van der Waals surface area contributed by atoms with Crippen molar-refractivity contribution in [3.8, 4) is 0 Å². The Balaban J connectivity index is 2.78. The van der Waals surface area contributed by atoms with Crippen LogP contribution in [0, 0.1) is 0 Å². The zero-order chi connectivity index (χ0) is 12.7. The van der Waals surface area contributed by atoms with E-state index in [1.165, 1.54) is 37.6 Å². The Morgan fingerprint density at radius 3 is 2.88 bits per heavy atom. The predicted octanol–water partition coefficient (Wildman–Crippen LogP) is 1.44. The lowest BCUT2D eigenvalue weighted by Gasteiger charge is -1.99. The van der Waals surface area contributed by atoms with Gasteiger partial charge in [-0.1, -0.05) is 0 Å². The molecule has 1 aromatic heterocycles. The van der Waals surface area contributed by atoms with Gasteiger partial charge in [0.25, 0.3) is 0 Å². The molecule has 0 aromatic carbocycles. The minimum Gasteiger partial charge on any atom is -0.465 e. The zero-order valence-corrected chi connectivity index (χ0v) is 9.67. The Hall–Kier alpha value is -2.17. The molecule has 0 saturated heterocycles. The van der Waals surface area contributed by atoms with Crippen LogP contribution in [0.3, 0.4) is 0 Å². The van der Waals surface area contributed by atoms with Crippen LogP contribution < -0.4 is 0 Å². The van der Waals surface area contributed by atoms with E-state index in [-0.39, 0.29) is 0 Å². The topological polar surface area (TPSA) is 65.5 Å². The molecule has 90 valence electrons. The zero-order valence-electron chi connectivity index (χ0n) is 9.67. The van der Waals surface area contributed by atoms with Crippen LogP contribution in [0.15, 0.2) is 24.4 Å². The van der Waals surface area contributed by atoms with Crippen molar-refractivity contribution in [2.45, 2.75) is 6.92 Å². The van der Waals surface area contributed by atoms with Crippen molar-refractivity contribution in [3.63, 3.8) is 0 Å². The summed E-state index contributed by atoms with van der Waals surface area (Å²) in [6, 6.07) is 3.06. The molecule has 0 aliphatic heterocycles. The summed E-state index contributed by atoms with van der Waals surface area (Å²) in [7, 11) is 1.30. The minimum absolute atomic E-state index is 0.318. The molecule has 5 nitrogen and oxygen atoms in total. The van der Waals surface area contributed by atoms with Crippen LogP contribution in [0.2, 0.25) is 0 Å². The summed E-state index contributed by atoms with van der Waals surface area (Å²) in [5.41, 5.74) is 0.868. The molecule has 0 N–H and O–H groups in total. The monoisotopic (exact) mass is 235 g/mol. The fraction of sp³-hybridized carbons (Fsp3) is 0.250. The van der Waals surface area contributed by atoms with Gasteiger partial charge in [-0.15, -0.1) is 0 Å². The van der Waals surface area contributed by atoms with Crippen LogP contribution in [0.4, 0.5) is 0 Å². The van der Waals surface area contributed by atoms with E-state index in [2.05, 4.69) is 9.72 Å². The molecule has 0 atom stereocenters. The van der Waals surface area contributed by atoms with Gasteiger partial charge in [0.2, 0.25) is 0 Å². The Kier molecular flexibility index (Phi) is 4.87. The number of hydrogen-bond donors (Lipinski definition) is 0. The molecule has 5 heteroatoms. The predicted molar refractivity (Wildman–Crippen MR) is 61.2 cm³/mol. The smallest absolute Gasteiger partial charge is 0.337 e. The van der Waals surface area contributed by atoms with E-state index >= 15 is 0 Å². The van der Waals surface area contributed by atoms with Crippen molar-refractivity contribution >= 4 is 18.0 Å². The van der Waals surface area contributed by atoms with Crippen LogP contribution >= 0.6 is 0 Å². The molecule has 0 spiro atoms. The van der Waals surface area contributed by atoms with Crippen LogP contribution in [-0.4, -0.2) is 30.6 Å². The maximum atomic E-state index is 11.2. The summed E-state index contributed by atoms with van der Waals surface area (Å²) in [6.07, 6.45) is 4.20. The van der Waals surface area contributed by atoms with Gasteiger partial charge in [0.15, 0.2) is 0 Å². The number of aromatic nitrogens is 1. The van der Waals surface area contributed by atoms with Crippen LogP contribution in [0.1, 0.15) is 23.0 Å². The summed E-state index contributed by atoms with van der Waals surface area (Å²) < 4.78 is 9.29. The molecule has 0 aliphatic carbocycles. The SMILES string of the molecule is CCOC(=O)C=Cc1cc(C(=O)OC)ccn1. The molecule has 0 fully saturated rings. The lowest BCUT2D eigenvalue weighted by Crippen LogP contribution is -2.02. The first-order valence-electron chi connectivity index (χ1n) is 5.06. The molecular formula is C12H13NO4. The third-order valence-electron chi connectivity index (χ3n) is 1.88. The second kappa shape index (κ2) is 6.42. The molecule has 0 aliphatic rings. The van der Waals surface area contributed by atoms with Crippen LogP contribution in [0.5, 0.6) is 0 Å². The summed E-state index contributed by atoms with van der Waals surface area (Å²) in [5.74, 6) is -0.893. The van der Waals surface area contributed by atoms with E-state index in [9.17, 15) is 9.59 Å². The van der Waals surface area contributed by atoms with Gasteiger partial charge in [0, 0.05) is 12.3 Å². The van der Waals surface area contributed by atoms with E-state index in [1.807, 2.05) is 0 Å². The molecule has 0 unspecified atom stereocenters. The van der Waals surface area contributed by atoms with Gasteiger partial charge in [-0.2, -0.15) is 0 Å². The molecule has 0 radical (unpaired) electrons. The van der Waals surface area contributed by atoms with Gasteiger partial charge in [-0.25, -0.2) is 9.59 Å². The summed E-state index contributed by atoms with van der Waals surface area (Å²) >= 11 is 0. The first kappa shape index (κ1) is 12.9. The fourth-order valence-corrected chi connectivity index (χ4v) is 1.13. The van der Waals surface area contributed by atoms with Gasteiger partial charge in [-0.3, -0.25) is 4.98 Å². The Morgan fingerprint density at radius 1 is 1.47 bits per heavy atom. The van der Waals surface area contributed by atoms with Crippen LogP contribution in [0.25, 0.3) is 6.08 Å². The maximum absolute atomic E-state index is 11.2. The average molecular weight is 235 g/mol. The van der Waals surface area contributed by atoms with Crippen molar-refractivity contribution < 1.29 is 19.1 Å². The molecule has 1 heterocycles. The van der Waals surface area contributed by atoms with Gasteiger partial charge >= 0.3 is 11.9 Å². The molecule has 17 heavy (non-hydrogen) atoms. The fourth-order valence-electron chi connectivity index (χ4n) is 1.13. The molecule has 0 amide bonds. The summed E-state index contributed by atoms with van der Waals surface area (Å²) in [4.78, 5) is 26.3. The van der Waals surface area contributed by atoms with Crippen molar-refractivity contribution in [2.75, 3.05) is 13.7 Å². The van der Waals surface area contributed by atoms with E-state index < -0.39 is 11.9 Å². The highest BCUT2D eigenvalue weighted by Crippen LogP contribution is 2.05. The lowest BCUT2D eigenvalue weighted by molar-refractivity contribution is -0.137. The molecular weight excluding hydrogens is 222 g/mol. The average Bonchev–Trinajstić information content (AvgIpc) is 2.36. The minimum atomic E-state index is -0.447. The first-order valence-corrected chi connectivity index (χ1v) is 5.06. The largest absolute Gasteiger partial charge is 0.465 e. The van der Waals surface area contributed by atoms with Crippen molar-refractivity contribution in [1.29, 1.82) is 0 Å². The second-order valence-corrected chi connectivity index (χ2v) is 3.05. The quantitative estimate of drug-likeness (QED) is 0.583. The highest BCUT2D eigenvalue weighted by molar-refractivity contribution is 5.90. The number of rotatable bonds is 4. The van der Waals surface area contributed by atoms with Gasteiger partial charge in [-0.05, 0) is 25.1 Å². The van der Waals surface area contributed by atoms with Gasteiger partial charge < -0.3 is 9.47 Å². The standard InChI is InChI=1S/C12H13NO4/c1-3-17-11(14)5-4-10-8-9(6-7-13-10)12(15)16-2/h4-8H,3H2,1-2H3. The molecule has 1 rings (SSSR count). The molecule has 1 aromatic rings. The third kappa shape index (κ3) is 4.06. The third-order valence-corrected chi connectivity index (χ3v) is 1.88. The number of nitrogens with zero attached hydrogens (tertiary/aromatic N) is 1. The number of carbonyl (C=O) groups is 2. The van der Waals surface area contributed by atoms with Crippen molar-refractivity contribution in [3.05, 3.63) is 35.7 Å². The molecule has 0 bridgehead atoms. The van der Waals surface area contributed by atoms with Crippen molar-refractivity contribution in [2.24, 2.45) is 0 Å². The summed E-state index contributed by atoms with van der Waals surface area (Å²) in [6.45, 7) is 2.04. The second-order valence-electron chi connectivity index (χ2n) is 3.05. The summed E-state index contributed by atoms with van der Waals surface area (Å²) in [5, 5.41) is 0. The molecule has 0 saturated carbocycles. The number of hydrogen-bond acceptors (Lipinski definition) is 5. The Morgan fingerprint density at radius 2 is 2.24 bits per heavy atom. The van der Waals surface area contributed by atoms with E-state index in [4.69, 9.17) is 4.74 Å². The number of pyridine rings is 1. The highest BCUT2D eigenvalue weighted by Gasteiger charge is 2.05. The number of carbonyl (C=O) groups excluding carboxylic acids is 2. The number of methoxy groups -OCH3 is 1. The Bertz CT molecular complexity index is 440. The number of ether oxygens (including phenoxy) is 2. The normalized spacial score (nSPS) is 10.2. The Labute approximate surface area is 99.1 Å². The van der Waals surface area contributed by atoms with Gasteiger partial charge in [0.1, 0.15) is 0 Å². The lowest BCUT2D eigenvalue weighted by atomic mass is 10.2. The van der Waals surface area contributed by atoms with E-state index in [0.717, 1.165) is 0 Å². The number of esters is 2. The first-order chi connectivity index (χ1) is 8.17. The van der Waals surface area contributed by atoms with Gasteiger partial charge in [0.05, 0.1) is 25.0 Å². The van der Waals surface area contributed by atoms with Crippen LogP contribution in [-0.2, 0) is 14.3 Å². The highest BCUT2D eigenvalue weighted by atomic mass is 16.5. The van der Waals surface area contributed by atoms with E-state index in [0.29, 0.717) is 17.9 Å². The van der Waals surface area contributed by atoms with E-state index in [1.54, 1.807) is 6.92 Å². The maximum Gasteiger partial charge on any atom is 0.337 e. The van der Waals surface area contributed by atoms with Crippen molar-refractivity contribution in [1.82, 2.24) is 4.98 Å².